The summed E-state index contributed by atoms with van der Waals surface area (Å²) in [5, 5.41) is 2.73. The SMILES string of the molecule is Cc1cccc(C)c1NC(=O)COC(=O)C[C@@H]1CCS(=O)(=O)C1. The number of sulfone groups is 1. The average Bonchev–Trinajstić information content (AvgIpc) is 2.80. The van der Waals surface area contributed by atoms with Crippen LogP contribution in [0, 0.1) is 19.8 Å². The highest BCUT2D eigenvalue weighted by Gasteiger charge is 2.30. The number of hydrogen-bond acceptors (Lipinski definition) is 5. The first-order chi connectivity index (χ1) is 10.8. The van der Waals surface area contributed by atoms with Crippen LogP contribution in [0.3, 0.4) is 0 Å². The number of carbonyl (C=O) groups excluding carboxylic acids is 2. The van der Waals surface area contributed by atoms with Crippen LogP contribution in [0.15, 0.2) is 18.2 Å². The molecule has 1 atom stereocenters. The van der Waals surface area contributed by atoms with Crippen molar-refractivity contribution in [2.45, 2.75) is 26.7 Å². The van der Waals surface area contributed by atoms with E-state index in [0.717, 1.165) is 16.8 Å². The van der Waals surface area contributed by atoms with E-state index in [1.807, 2.05) is 32.0 Å². The number of carbonyl (C=O) groups is 2. The van der Waals surface area contributed by atoms with Crippen LogP contribution in [0.5, 0.6) is 0 Å². The zero-order valence-electron chi connectivity index (χ0n) is 13.3. The van der Waals surface area contributed by atoms with Gasteiger partial charge in [-0.1, -0.05) is 18.2 Å². The standard InChI is InChI=1S/C16H21NO5S/c1-11-4-3-5-12(2)16(11)17-14(18)9-22-15(19)8-13-6-7-23(20,21)10-13/h3-5,13H,6-10H2,1-2H3,(H,17,18)/t13-/m0/s1. The predicted octanol–water partition coefficient (Wildman–Crippen LogP) is 1.61. The lowest BCUT2D eigenvalue weighted by Gasteiger charge is -2.12. The number of hydrogen-bond donors (Lipinski definition) is 1. The summed E-state index contributed by atoms with van der Waals surface area (Å²) in [6.45, 7) is 3.40. The van der Waals surface area contributed by atoms with E-state index in [1.54, 1.807) is 0 Å². The van der Waals surface area contributed by atoms with Crippen LogP contribution in [0.2, 0.25) is 0 Å². The summed E-state index contributed by atoms with van der Waals surface area (Å²) in [4.78, 5) is 23.6. The van der Waals surface area contributed by atoms with Crippen molar-refractivity contribution in [2.75, 3.05) is 23.4 Å². The molecule has 0 radical (unpaired) electrons. The van der Waals surface area contributed by atoms with Crippen LogP contribution in [0.25, 0.3) is 0 Å². The van der Waals surface area contributed by atoms with Crippen LogP contribution in [-0.4, -0.2) is 38.4 Å². The molecule has 1 aromatic rings. The van der Waals surface area contributed by atoms with Gasteiger partial charge in [-0.05, 0) is 37.3 Å². The Morgan fingerprint density at radius 1 is 1.26 bits per heavy atom. The summed E-state index contributed by atoms with van der Waals surface area (Å²) in [5.74, 6) is -0.998. The maximum Gasteiger partial charge on any atom is 0.306 e. The zero-order chi connectivity index (χ0) is 17.0. The maximum atomic E-state index is 11.9. The molecule has 126 valence electrons. The first kappa shape index (κ1) is 17.5. The van der Waals surface area contributed by atoms with Gasteiger partial charge in [-0.15, -0.1) is 0 Å². The third kappa shape index (κ3) is 5.06. The smallest absolute Gasteiger partial charge is 0.306 e. The van der Waals surface area contributed by atoms with Gasteiger partial charge in [-0.3, -0.25) is 9.59 Å². The summed E-state index contributed by atoms with van der Waals surface area (Å²) >= 11 is 0. The molecule has 1 heterocycles. The van der Waals surface area contributed by atoms with Crippen molar-refractivity contribution in [1.29, 1.82) is 0 Å². The Bertz CT molecular complexity index is 691. The molecule has 1 saturated heterocycles. The monoisotopic (exact) mass is 339 g/mol. The van der Waals surface area contributed by atoms with Crippen molar-refractivity contribution < 1.29 is 22.7 Å². The van der Waals surface area contributed by atoms with Gasteiger partial charge < -0.3 is 10.1 Å². The third-order valence-electron chi connectivity index (χ3n) is 3.89. The molecule has 0 spiro atoms. The summed E-state index contributed by atoms with van der Waals surface area (Å²) in [6, 6.07) is 5.67. The van der Waals surface area contributed by atoms with Crippen molar-refractivity contribution in [2.24, 2.45) is 5.92 Å². The minimum Gasteiger partial charge on any atom is -0.456 e. The van der Waals surface area contributed by atoms with Crippen molar-refractivity contribution in [1.82, 2.24) is 0 Å². The molecule has 1 aliphatic heterocycles. The fourth-order valence-electron chi connectivity index (χ4n) is 2.66. The lowest BCUT2D eigenvalue weighted by molar-refractivity contribution is -0.148. The molecule has 1 aliphatic rings. The molecule has 1 fully saturated rings. The van der Waals surface area contributed by atoms with E-state index < -0.39 is 21.7 Å². The predicted molar refractivity (Wildman–Crippen MR) is 86.9 cm³/mol. The van der Waals surface area contributed by atoms with Crippen LogP contribution < -0.4 is 5.32 Å². The maximum absolute atomic E-state index is 11.9. The number of nitrogens with one attached hydrogen (secondary N) is 1. The third-order valence-corrected chi connectivity index (χ3v) is 5.73. The lowest BCUT2D eigenvalue weighted by atomic mass is 10.1. The fourth-order valence-corrected chi connectivity index (χ4v) is 4.52. The van der Waals surface area contributed by atoms with Gasteiger partial charge in [0.1, 0.15) is 0 Å². The van der Waals surface area contributed by atoms with Crippen molar-refractivity contribution in [3.63, 3.8) is 0 Å². The summed E-state index contributed by atoms with van der Waals surface area (Å²) < 4.78 is 27.6. The van der Waals surface area contributed by atoms with Crippen molar-refractivity contribution >= 4 is 27.4 Å². The second-order valence-corrected chi connectivity index (χ2v) is 8.18. The van der Waals surface area contributed by atoms with E-state index in [1.165, 1.54) is 0 Å². The quantitative estimate of drug-likeness (QED) is 0.823. The number of ether oxygens (including phenoxy) is 1. The van der Waals surface area contributed by atoms with Crippen LogP contribution in [-0.2, 0) is 24.2 Å². The highest BCUT2D eigenvalue weighted by atomic mass is 32.2. The van der Waals surface area contributed by atoms with E-state index in [4.69, 9.17) is 4.74 Å². The molecule has 7 heteroatoms. The Kier molecular flexibility index (Phi) is 5.41. The van der Waals surface area contributed by atoms with E-state index in [2.05, 4.69) is 5.32 Å². The average molecular weight is 339 g/mol. The van der Waals surface area contributed by atoms with Crippen LogP contribution in [0.4, 0.5) is 5.69 Å². The van der Waals surface area contributed by atoms with E-state index in [0.29, 0.717) is 6.42 Å². The number of benzene rings is 1. The Balaban J connectivity index is 1.79. The van der Waals surface area contributed by atoms with Gasteiger partial charge in [0.2, 0.25) is 0 Å². The number of amides is 1. The van der Waals surface area contributed by atoms with Gasteiger partial charge in [-0.2, -0.15) is 0 Å². The second kappa shape index (κ2) is 7.12. The Hall–Kier alpha value is -1.89. The van der Waals surface area contributed by atoms with E-state index in [9.17, 15) is 18.0 Å². The summed E-state index contributed by atoms with van der Waals surface area (Å²) in [6.07, 6.45) is 0.516. The van der Waals surface area contributed by atoms with Gasteiger partial charge in [-0.25, -0.2) is 8.42 Å². The first-order valence-corrected chi connectivity index (χ1v) is 9.31. The van der Waals surface area contributed by atoms with E-state index in [-0.39, 0.29) is 30.5 Å². The molecule has 23 heavy (non-hydrogen) atoms. The molecule has 1 N–H and O–H groups in total. The number of esters is 1. The van der Waals surface area contributed by atoms with Gasteiger partial charge in [0.15, 0.2) is 16.4 Å². The molecule has 0 aliphatic carbocycles. The number of aryl methyl sites for hydroxylation is 2. The molecule has 2 rings (SSSR count). The highest BCUT2D eigenvalue weighted by molar-refractivity contribution is 7.91. The normalized spacial score (nSPS) is 19.3. The minimum absolute atomic E-state index is 0.0245. The lowest BCUT2D eigenvalue weighted by Crippen LogP contribution is -2.23. The number of rotatable bonds is 5. The second-order valence-electron chi connectivity index (χ2n) is 5.95. The molecule has 0 saturated carbocycles. The van der Waals surface area contributed by atoms with Gasteiger partial charge in [0, 0.05) is 12.1 Å². The topological polar surface area (TPSA) is 89.5 Å². The largest absolute Gasteiger partial charge is 0.456 e. The molecule has 1 amide bonds. The molecular weight excluding hydrogens is 318 g/mol. The Morgan fingerprint density at radius 3 is 2.48 bits per heavy atom. The Morgan fingerprint density at radius 2 is 1.91 bits per heavy atom. The summed E-state index contributed by atoms with van der Waals surface area (Å²) in [7, 11) is -3.01. The van der Waals surface area contributed by atoms with Crippen LogP contribution >= 0.6 is 0 Å². The van der Waals surface area contributed by atoms with Crippen molar-refractivity contribution in [3.8, 4) is 0 Å². The molecule has 6 nitrogen and oxygen atoms in total. The van der Waals surface area contributed by atoms with Crippen molar-refractivity contribution in [3.05, 3.63) is 29.3 Å². The fraction of sp³-hybridized carbons (Fsp3) is 0.500. The minimum atomic E-state index is -3.01. The number of anilines is 1. The Labute approximate surface area is 136 Å². The molecule has 0 aromatic heterocycles. The zero-order valence-corrected chi connectivity index (χ0v) is 14.1. The molecule has 1 aromatic carbocycles. The molecule has 0 bridgehead atoms. The molecule has 0 unspecified atom stereocenters. The first-order valence-electron chi connectivity index (χ1n) is 7.49. The van der Waals surface area contributed by atoms with Crippen LogP contribution in [0.1, 0.15) is 24.0 Å². The van der Waals surface area contributed by atoms with E-state index >= 15 is 0 Å². The molecular formula is C16H21NO5S. The van der Waals surface area contributed by atoms with Gasteiger partial charge in [0.25, 0.3) is 5.91 Å². The summed E-state index contributed by atoms with van der Waals surface area (Å²) in [5.41, 5.74) is 2.58. The number of para-hydroxylation sites is 1. The highest BCUT2D eigenvalue weighted by Crippen LogP contribution is 2.22. The van der Waals surface area contributed by atoms with Gasteiger partial charge in [0.05, 0.1) is 11.5 Å². The van der Waals surface area contributed by atoms with Gasteiger partial charge >= 0.3 is 5.97 Å².